The summed E-state index contributed by atoms with van der Waals surface area (Å²) in [6, 6.07) is 12.5. The van der Waals surface area contributed by atoms with Crippen molar-refractivity contribution in [2.45, 2.75) is 11.4 Å². The van der Waals surface area contributed by atoms with Crippen LogP contribution in [0.1, 0.15) is 15.9 Å². The van der Waals surface area contributed by atoms with Crippen molar-refractivity contribution in [1.82, 2.24) is 10.0 Å². The molecule has 0 bridgehead atoms. The number of carbonyl (C=O) groups excluding carboxylic acids is 2. The van der Waals surface area contributed by atoms with Crippen LogP contribution in [0.3, 0.4) is 0 Å². The van der Waals surface area contributed by atoms with Gasteiger partial charge in [-0.25, -0.2) is 17.9 Å². The van der Waals surface area contributed by atoms with Crippen molar-refractivity contribution in [3.05, 3.63) is 59.7 Å². The summed E-state index contributed by atoms with van der Waals surface area (Å²) in [5.41, 5.74) is 0.909. The van der Waals surface area contributed by atoms with Gasteiger partial charge in [0.2, 0.25) is 10.0 Å². The highest BCUT2D eigenvalue weighted by molar-refractivity contribution is 7.89. The highest BCUT2D eigenvalue weighted by Gasteiger charge is 2.18. The molecule has 144 valence electrons. The van der Waals surface area contributed by atoms with E-state index in [9.17, 15) is 18.0 Å². The maximum Gasteiger partial charge on any atom is 0.338 e. The molecule has 0 aromatic heterocycles. The van der Waals surface area contributed by atoms with Gasteiger partial charge in [0.1, 0.15) is 10.6 Å². The fourth-order valence-corrected chi connectivity index (χ4v) is 3.33. The van der Waals surface area contributed by atoms with Crippen molar-refractivity contribution >= 4 is 21.9 Å². The molecule has 2 rings (SSSR count). The summed E-state index contributed by atoms with van der Waals surface area (Å²) in [5, 5.41) is 2.34. The fraction of sp³-hybridized carbons (Fsp3) is 0.222. The fourth-order valence-electron chi connectivity index (χ4n) is 2.14. The second-order valence-electron chi connectivity index (χ2n) is 5.42. The van der Waals surface area contributed by atoms with E-state index in [-0.39, 0.29) is 29.4 Å². The summed E-state index contributed by atoms with van der Waals surface area (Å²) < 4.78 is 37.3. The second-order valence-corrected chi connectivity index (χ2v) is 7.16. The Bertz CT molecular complexity index is 910. The van der Waals surface area contributed by atoms with Crippen LogP contribution in [0, 0.1) is 0 Å². The zero-order chi connectivity index (χ0) is 19.9. The number of ether oxygens (including phenoxy) is 2. The third-order valence-electron chi connectivity index (χ3n) is 3.63. The highest BCUT2D eigenvalue weighted by atomic mass is 32.2. The summed E-state index contributed by atoms with van der Waals surface area (Å²) in [7, 11) is -0.919. The summed E-state index contributed by atoms with van der Waals surface area (Å²) in [6.45, 7) is -0.330. The number of para-hydroxylation sites is 1. The SMILES string of the molecule is CNC(=O)COC(=O)c1ccc(CNS(=O)(=O)c2ccccc2OC)cc1. The predicted molar refractivity (Wildman–Crippen MR) is 97.8 cm³/mol. The van der Waals surface area contributed by atoms with Crippen LogP contribution in [-0.2, 0) is 26.1 Å². The third-order valence-corrected chi connectivity index (χ3v) is 5.07. The third kappa shape index (κ3) is 5.53. The Morgan fingerprint density at radius 1 is 1.04 bits per heavy atom. The molecule has 0 radical (unpaired) electrons. The first kappa shape index (κ1) is 20.4. The van der Waals surface area contributed by atoms with Crippen LogP contribution in [0.15, 0.2) is 53.4 Å². The summed E-state index contributed by atoms with van der Waals surface area (Å²) in [4.78, 5) is 22.9. The number of amides is 1. The summed E-state index contributed by atoms with van der Waals surface area (Å²) in [5.74, 6) is -0.801. The number of benzene rings is 2. The minimum absolute atomic E-state index is 0.0357. The molecule has 1 amide bonds. The average molecular weight is 392 g/mol. The molecular formula is C18H20N2O6S. The largest absolute Gasteiger partial charge is 0.495 e. The molecular weight excluding hydrogens is 372 g/mol. The Hall–Kier alpha value is -2.91. The number of hydrogen-bond acceptors (Lipinski definition) is 6. The lowest BCUT2D eigenvalue weighted by atomic mass is 10.1. The van der Waals surface area contributed by atoms with Crippen molar-refractivity contribution in [2.24, 2.45) is 0 Å². The molecule has 0 aliphatic rings. The van der Waals surface area contributed by atoms with Crippen LogP contribution < -0.4 is 14.8 Å². The van der Waals surface area contributed by atoms with Gasteiger partial charge in [-0.05, 0) is 29.8 Å². The van der Waals surface area contributed by atoms with Crippen molar-refractivity contribution in [2.75, 3.05) is 20.8 Å². The van der Waals surface area contributed by atoms with Gasteiger partial charge in [0.15, 0.2) is 6.61 Å². The van der Waals surface area contributed by atoms with Gasteiger partial charge in [-0.1, -0.05) is 24.3 Å². The van der Waals surface area contributed by atoms with E-state index in [1.54, 1.807) is 30.3 Å². The molecule has 0 saturated carbocycles. The first-order valence-corrected chi connectivity index (χ1v) is 9.45. The first-order valence-electron chi connectivity index (χ1n) is 7.96. The van der Waals surface area contributed by atoms with Crippen molar-refractivity contribution in [3.63, 3.8) is 0 Å². The molecule has 2 aromatic carbocycles. The molecule has 0 atom stereocenters. The Morgan fingerprint density at radius 3 is 2.33 bits per heavy atom. The molecule has 0 spiro atoms. The lowest BCUT2D eigenvalue weighted by molar-refractivity contribution is -0.123. The van der Waals surface area contributed by atoms with E-state index in [0.717, 1.165) is 0 Å². The Kier molecular flexibility index (Phi) is 6.91. The number of methoxy groups -OCH3 is 1. The zero-order valence-corrected chi connectivity index (χ0v) is 15.7. The average Bonchev–Trinajstić information content (AvgIpc) is 2.70. The van der Waals surface area contributed by atoms with E-state index in [1.807, 2.05) is 0 Å². The predicted octanol–water partition coefficient (Wildman–Crippen LogP) is 1.08. The van der Waals surface area contributed by atoms with Gasteiger partial charge >= 0.3 is 5.97 Å². The lowest BCUT2D eigenvalue weighted by Gasteiger charge is -2.11. The number of hydrogen-bond donors (Lipinski definition) is 2. The number of likely N-dealkylation sites (N-methyl/N-ethyl adjacent to an activating group) is 1. The maximum absolute atomic E-state index is 12.4. The molecule has 8 nitrogen and oxygen atoms in total. The van der Waals surface area contributed by atoms with E-state index >= 15 is 0 Å². The molecule has 0 fully saturated rings. The van der Waals surface area contributed by atoms with Crippen LogP contribution >= 0.6 is 0 Å². The molecule has 9 heteroatoms. The number of nitrogens with one attached hydrogen (secondary N) is 2. The van der Waals surface area contributed by atoms with Gasteiger partial charge in [-0.3, -0.25) is 4.79 Å². The van der Waals surface area contributed by atoms with Gasteiger partial charge in [-0.2, -0.15) is 0 Å². The second kappa shape index (κ2) is 9.15. The Labute approximate surface area is 157 Å². The minimum atomic E-state index is -3.76. The summed E-state index contributed by atoms with van der Waals surface area (Å²) in [6.07, 6.45) is 0. The number of carbonyl (C=O) groups is 2. The van der Waals surface area contributed by atoms with Crippen LogP contribution in [0.4, 0.5) is 0 Å². The number of sulfonamides is 1. The normalized spacial score (nSPS) is 10.9. The topological polar surface area (TPSA) is 111 Å². The molecule has 0 aliphatic heterocycles. The Balaban J connectivity index is 2.00. The smallest absolute Gasteiger partial charge is 0.338 e. The number of rotatable bonds is 8. The van der Waals surface area contributed by atoms with Gasteiger partial charge in [0.25, 0.3) is 5.91 Å². The molecule has 0 unspecified atom stereocenters. The first-order chi connectivity index (χ1) is 12.9. The lowest BCUT2D eigenvalue weighted by Crippen LogP contribution is -2.25. The quantitative estimate of drug-likeness (QED) is 0.651. The van der Waals surface area contributed by atoms with Crippen molar-refractivity contribution < 1.29 is 27.5 Å². The van der Waals surface area contributed by atoms with Gasteiger partial charge in [0.05, 0.1) is 12.7 Å². The molecule has 2 aromatic rings. The van der Waals surface area contributed by atoms with Crippen molar-refractivity contribution in [1.29, 1.82) is 0 Å². The maximum atomic E-state index is 12.4. The zero-order valence-electron chi connectivity index (χ0n) is 14.9. The van der Waals surface area contributed by atoms with Crippen LogP contribution in [0.25, 0.3) is 0 Å². The molecule has 0 aliphatic carbocycles. The molecule has 0 saturated heterocycles. The highest BCUT2D eigenvalue weighted by Crippen LogP contribution is 2.22. The molecule has 0 heterocycles. The number of esters is 1. The van der Waals surface area contributed by atoms with Crippen molar-refractivity contribution in [3.8, 4) is 5.75 Å². The van der Waals surface area contributed by atoms with E-state index in [4.69, 9.17) is 9.47 Å². The monoisotopic (exact) mass is 392 g/mol. The molecule has 2 N–H and O–H groups in total. The van der Waals surface area contributed by atoms with E-state index < -0.39 is 21.9 Å². The van der Waals surface area contributed by atoms with Gasteiger partial charge in [0, 0.05) is 13.6 Å². The minimum Gasteiger partial charge on any atom is -0.495 e. The van der Waals surface area contributed by atoms with E-state index in [1.165, 1.54) is 32.4 Å². The van der Waals surface area contributed by atoms with Crippen LogP contribution in [0.5, 0.6) is 5.75 Å². The standard InChI is InChI=1S/C18H20N2O6S/c1-19-17(21)12-26-18(22)14-9-7-13(8-10-14)11-20-27(23,24)16-6-4-3-5-15(16)25-2/h3-10,20H,11-12H2,1-2H3,(H,19,21). The Morgan fingerprint density at radius 2 is 1.70 bits per heavy atom. The van der Waals surface area contributed by atoms with E-state index in [0.29, 0.717) is 5.56 Å². The molecule has 27 heavy (non-hydrogen) atoms. The van der Waals surface area contributed by atoms with Crippen LogP contribution in [0.2, 0.25) is 0 Å². The van der Waals surface area contributed by atoms with Crippen LogP contribution in [-0.4, -0.2) is 41.1 Å². The summed E-state index contributed by atoms with van der Waals surface area (Å²) >= 11 is 0. The van der Waals surface area contributed by atoms with Gasteiger partial charge in [-0.15, -0.1) is 0 Å². The van der Waals surface area contributed by atoms with E-state index in [2.05, 4.69) is 10.0 Å². The van der Waals surface area contributed by atoms with Gasteiger partial charge < -0.3 is 14.8 Å².